The SMILES string of the molecule is C[C@H]1NC(=O)N[C@H]1CCCCCC(=O)Nc1cccc2ccccc12. The van der Waals surface area contributed by atoms with Gasteiger partial charge in [0.05, 0.1) is 6.04 Å². The van der Waals surface area contributed by atoms with E-state index in [1.165, 1.54) is 0 Å². The number of hydrogen-bond donors (Lipinski definition) is 3. The predicted molar refractivity (Wildman–Crippen MR) is 101 cm³/mol. The molecule has 3 N–H and O–H groups in total. The number of amides is 3. The third kappa shape index (κ3) is 4.50. The lowest BCUT2D eigenvalue weighted by Gasteiger charge is -2.13. The minimum absolute atomic E-state index is 0.0561. The van der Waals surface area contributed by atoms with Crippen LogP contribution in [0.15, 0.2) is 42.5 Å². The van der Waals surface area contributed by atoms with Gasteiger partial charge < -0.3 is 16.0 Å². The van der Waals surface area contributed by atoms with E-state index in [0.717, 1.165) is 42.1 Å². The molecule has 132 valence electrons. The number of rotatable bonds is 7. The molecule has 0 radical (unpaired) electrons. The topological polar surface area (TPSA) is 70.2 Å². The third-order valence-electron chi connectivity index (χ3n) is 4.76. The van der Waals surface area contributed by atoms with Crippen molar-refractivity contribution in [3.05, 3.63) is 42.5 Å². The lowest BCUT2D eigenvalue weighted by Crippen LogP contribution is -2.30. The van der Waals surface area contributed by atoms with Crippen LogP contribution in [0.1, 0.15) is 39.0 Å². The molecule has 0 aliphatic carbocycles. The number of urea groups is 1. The van der Waals surface area contributed by atoms with Gasteiger partial charge in [-0.2, -0.15) is 0 Å². The summed E-state index contributed by atoms with van der Waals surface area (Å²) < 4.78 is 0. The Morgan fingerprint density at radius 2 is 1.84 bits per heavy atom. The van der Waals surface area contributed by atoms with E-state index in [4.69, 9.17) is 0 Å². The van der Waals surface area contributed by atoms with Crippen LogP contribution in [0.3, 0.4) is 0 Å². The fourth-order valence-electron chi connectivity index (χ4n) is 3.34. The first kappa shape index (κ1) is 17.3. The highest BCUT2D eigenvalue weighted by molar-refractivity contribution is 6.02. The number of anilines is 1. The molecule has 1 heterocycles. The van der Waals surface area contributed by atoms with Crippen molar-refractivity contribution in [3.8, 4) is 0 Å². The number of fused-ring (bicyclic) bond motifs is 1. The molecule has 1 saturated heterocycles. The van der Waals surface area contributed by atoms with Crippen molar-refractivity contribution in [2.75, 3.05) is 5.32 Å². The van der Waals surface area contributed by atoms with Gasteiger partial charge in [-0.3, -0.25) is 4.79 Å². The first-order valence-corrected chi connectivity index (χ1v) is 8.98. The van der Waals surface area contributed by atoms with Crippen LogP contribution in [-0.4, -0.2) is 24.0 Å². The van der Waals surface area contributed by atoms with Gasteiger partial charge in [-0.25, -0.2) is 4.79 Å². The van der Waals surface area contributed by atoms with Crippen LogP contribution >= 0.6 is 0 Å². The highest BCUT2D eigenvalue weighted by atomic mass is 16.2. The van der Waals surface area contributed by atoms with Crippen LogP contribution in [0.4, 0.5) is 10.5 Å². The molecule has 25 heavy (non-hydrogen) atoms. The number of carbonyl (C=O) groups excluding carboxylic acids is 2. The van der Waals surface area contributed by atoms with E-state index in [9.17, 15) is 9.59 Å². The first-order chi connectivity index (χ1) is 12.1. The quantitative estimate of drug-likeness (QED) is 0.672. The zero-order valence-corrected chi connectivity index (χ0v) is 14.5. The highest BCUT2D eigenvalue weighted by Gasteiger charge is 2.26. The van der Waals surface area contributed by atoms with E-state index < -0.39 is 0 Å². The first-order valence-electron chi connectivity index (χ1n) is 8.98. The van der Waals surface area contributed by atoms with Crippen LogP contribution < -0.4 is 16.0 Å². The standard InChI is InChI=1S/C20H25N3O2/c1-14-17(23-20(25)21-14)11-3-2-4-13-19(24)22-18-12-7-9-15-8-5-6-10-16(15)18/h5-10,12,14,17H,2-4,11,13H2,1H3,(H,22,24)(H2,21,23,25)/t14-,17+/m1/s1. The van der Waals surface area contributed by atoms with Crippen LogP contribution in [0.5, 0.6) is 0 Å². The highest BCUT2D eigenvalue weighted by Crippen LogP contribution is 2.23. The van der Waals surface area contributed by atoms with E-state index in [-0.39, 0.29) is 24.0 Å². The fourth-order valence-corrected chi connectivity index (χ4v) is 3.34. The molecular weight excluding hydrogens is 314 g/mol. The van der Waals surface area contributed by atoms with E-state index in [0.29, 0.717) is 6.42 Å². The van der Waals surface area contributed by atoms with Gasteiger partial charge in [0.1, 0.15) is 0 Å². The van der Waals surface area contributed by atoms with Crippen molar-refractivity contribution in [2.24, 2.45) is 0 Å². The molecule has 0 aromatic heterocycles. The fraction of sp³-hybridized carbons (Fsp3) is 0.400. The normalized spacial score (nSPS) is 19.5. The molecule has 2 aromatic carbocycles. The Hall–Kier alpha value is -2.56. The van der Waals surface area contributed by atoms with Crippen molar-refractivity contribution >= 4 is 28.4 Å². The molecule has 2 aromatic rings. The minimum Gasteiger partial charge on any atom is -0.334 e. The largest absolute Gasteiger partial charge is 0.334 e. The smallest absolute Gasteiger partial charge is 0.315 e. The van der Waals surface area contributed by atoms with Crippen molar-refractivity contribution in [1.82, 2.24) is 10.6 Å². The molecule has 5 nitrogen and oxygen atoms in total. The third-order valence-corrected chi connectivity index (χ3v) is 4.76. The van der Waals surface area contributed by atoms with Crippen molar-refractivity contribution < 1.29 is 9.59 Å². The minimum atomic E-state index is -0.0769. The Morgan fingerprint density at radius 1 is 1.04 bits per heavy atom. The molecule has 0 unspecified atom stereocenters. The molecule has 3 amide bonds. The van der Waals surface area contributed by atoms with Crippen LogP contribution in [0, 0.1) is 0 Å². The monoisotopic (exact) mass is 339 g/mol. The van der Waals surface area contributed by atoms with Gasteiger partial charge in [-0.05, 0) is 31.2 Å². The van der Waals surface area contributed by atoms with Gasteiger partial charge >= 0.3 is 6.03 Å². The predicted octanol–water partition coefficient (Wildman–Crippen LogP) is 3.80. The van der Waals surface area contributed by atoms with E-state index in [2.05, 4.69) is 16.0 Å². The lowest BCUT2D eigenvalue weighted by atomic mass is 10.0. The number of carbonyl (C=O) groups is 2. The second-order valence-corrected chi connectivity index (χ2v) is 6.69. The summed E-state index contributed by atoms with van der Waals surface area (Å²) in [6.07, 6.45) is 4.33. The Labute approximate surface area is 148 Å². The van der Waals surface area contributed by atoms with Gasteiger partial charge in [0.15, 0.2) is 0 Å². The van der Waals surface area contributed by atoms with Crippen LogP contribution in [-0.2, 0) is 4.79 Å². The Bertz CT molecular complexity index is 754. The van der Waals surface area contributed by atoms with Crippen molar-refractivity contribution in [2.45, 2.75) is 51.1 Å². The second kappa shape index (κ2) is 8.01. The Balaban J connectivity index is 1.40. The number of unbranched alkanes of at least 4 members (excludes halogenated alkanes) is 2. The van der Waals surface area contributed by atoms with Crippen LogP contribution in [0.2, 0.25) is 0 Å². The molecule has 0 bridgehead atoms. The van der Waals surface area contributed by atoms with Gasteiger partial charge in [0.25, 0.3) is 0 Å². The van der Waals surface area contributed by atoms with Gasteiger partial charge in [0, 0.05) is 23.5 Å². The molecule has 5 heteroatoms. The summed E-state index contributed by atoms with van der Waals surface area (Å²) in [5.74, 6) is 0.0561. The summed E-state index contributed by atoms with van der Waals surface area (Å²) in [4.78, 5) is 23.4. The maximum atomic E-state index is 12.2. The summed E-state index contributed by atoms with van der Waals surface area (Å²) in [6.45, 7) is 2.01. The summed E-state index contributed by atoms with van der Waals surface area (Å²) in [5, 5.41) is 11.0. The summed E-state index contributed by atoms with van der Waals surface area (Å²) >= 11 is 0. The van der Waals surface area contributed by atoms with Crippen molar-refractivity contribution in [1.29, 1.82) is 0 Å². The van der Waals surface area contributed by atoms with Crippen LogP contribution in [0.25, 0.3) is 10.8 Å². The van der Waals surface area contributed by atoms with Gasteiger partial charge in [-0.1, -0.05) is 49.2 Å². The van der Waals surface area contributed by atoms with E-state index in [1.54, 1.807) is 0 Å². The Morgan fingerprint density at radius 3 is 2.64 bits per heavy atom. The summed E-state index contributed by atoms with van der Waals surface area (Å²) in [5.41, 5.74) is 0.872. The zero-order chi connectivity index (χ0) is 17.6. The van der Waals surface area contributed by atoms with E-state index in [1.807, 2.05) is 49.4 Å². The number of nitrogens with one attached hydrogen (secondary N) is 3. The average Bonchev–Trinajstić information content (AvgIpc) is 2.92. The van der Waals surface area contributed by atoms with E-state index >= 15 is 0 Å². The summed E-state index contributed by atoms with van der Waals surface area (Å²) in [6, 6.07) is 14.3. The maximum Gasteiger partial charge on any atom is 0.315 e. The molecule has 3 rings (SSSR count). The van der Waals surface area contributed by atoms with Gasteiger partial charge in [0.2, 0.25) is 5.91 Å². The molecule has 0 spiro atoms. The maximum absolute atomic E-state index is 12.2. The average molecular weight is 339 g/mol. The number of benzene rings is 2. The number of hydrogen-bond acceptors (Lipinski definition) is 2. The molecule has 0 saturated carbocycles. The zero-order valence-electron chi connectivity index (χ0n) is 14.5. The van der Waals surface area contributed by atoms with Crippen molar-refractivity contribution in [3.63, 3.8) is 0 Å². The molecule has 1 fully saturated rings. The molecule has 1 aliphatic heterocycles. The Kier molecular flexibility index (Phi) is 5.53. The lowest BCUT2D eigenvalue weighted by molar-refractivity contribution is -0.116. The molecular formula is C20H25N3O2. The molecule has 2 atom stereocenters. The summed E-state index contributed by atoms with van der Waals surface area (Å²) in [7, 11) is 0. The molecule has 1 aliphatic rings. The van der Waals surface area contributed by atoms with Gasteiger partial charge in [-0.15, -0.1) is 0 Å². The second-order valence-electron chi connectivity index (χ2n) is 6.69.